The first-order valence-electron chi connectivity index (χ1n) is 5.19. The number of hydrogen-bond acceptors (Lipinski definition) is 3. The number of thioether (sulfide) groups is 1. The molecule has 0 saturated carbocycles. The van der Waals surface area contributed by atoms with Crippen molar-refractivity contribution in [2.24, 2.45) is 0 Å². The molecule has 0 aliphatic carbocycles. The molecule has 0 saturated heterocycles. The van der Waals surface area contributed by atoms with Gasteiger partial charge in [0.2, 0.25) is 5.25 Å². The molecule has 0 spiro atoms. The Morgan fingerprint density at radius 2 is 1.56 bits per heavy atom. The van der Waals surface area contributed by atoms with Crippen molar-refractivity contribution in [3.8, 4) is 0 Å². The standard InChI is InChI=1S/C13H10O4S/c14-12(15)11(13(16)17)18-10-6-5-8-3-1-2-4-9(8)7-10/h1-7,11H,(H,14,15)(H,16,17). The van der Waals surface area contributed by atoms with Crippen molar-refractivity contribution >= 4 is 34.5 Å². The Hall–Kier alpha value is -2.01. The lowest BCUT2D eigenvalue weighted by molar-refractivity contribution is -0.146. The van der Waals surface area contributed by atoms with E-state index in [1.807, 2.05) is 30.3 Å². The molecule has 0 amide bonds. The van der Waals surface area contributed by atoms with Crippen LogP contribution < -0.4 is 0 Å². The van der Waals surface area contributed by atoms with Crippen molar-refractivity contribution in [3.63, 3.8) is 0 Å². The van der Waals surface area contributed by atoms with Gasteiger partial charge in [-0.1, -0.05) is 42.1 Å². The van der Waals surface area contributed by atoms with E-state index in [2.05, 4.69) is 0 Å². The molecule has 2 rings (SSSR count). The molecule has 2 aromatic carbocycles. The highest BCUT2D eigenvalue weighted by atomic mass is 32.2. The van der Waals surface area contributed by atoms with E-state index in [9.17, 15) is 9.59 Å². The average molecular weight is 262 g/mol. The lowest BCUT2D eigenvalue weighted by Gasteiger charge is -2.07. The van der Waals surface area contributed by atoms with Crippen LogP contribution >= 0.6 is 11.8 Å². The van der Waals surface area contributed by atoms with Crippen LogP contribution in [-0.4, -0.2) is 27.4 Å². The van der Waals surface area contributed by atoms with Crippen LogP contribution in [0.25, 0.3) is 10.8 Å². The molecule has 92 valence electrons. The normalized spacial score (nSPS) is 10.7. The number of carboxylic acid groups (broad SMARTS) is 2. The number of hydrogen-bond donors (Lipinski definition) is 2. The van der Waals surface area contributed by atoms with Crippen LogP contribution in [0.1, 0.15) is 0 Å². The molecule has 0 heterocycles. The topological polar surface area (TPSA) is 74.6 Å². The van der Waals surface area contributed by atoms with Crippen LogP contribution in [-0.2, 0) is 9.59 Å². The first-order valence-corrected chi connectivity index (χ1v) is 6.07. The molecule has 0 fully saturated rings. The molecule has 0 radical (unpaired) electrons. The molecule has 2 aromatic rings. The quantitative estimate of drug-likeness (QED) is 0.654. The summed E-state index contributed by atoms with van der Waals surface area (Å²) in [4.78, 5) is 22.2. The van der Waals surface area contributed by atoms with E-state index in [4.69, 9.17) is 10.2 Å². The third-order valence-corrected chi connectivity index (χ3v) is 3.59. The zero-order valence-corrected chi connectivity index (χ0v) is 10.1. The first-order chi connectivity index (χ1) is 8.58. The minimum atomic E-state index is -1.48. The smallest absolute Gasteiger partial charge is 0.328 e. The van der Waals surface area contributed by atoms with Gasteiger partial charge in [-0.25, -0.2) is 0 Å². The highest BCUT2D eigenvalue weighted by Gasteiger charge is 2.26. The van der Waals surface area contributed by atoms with Gasteiger partial charge in [-0.3, -0.25) is 9.59 Å². The number of fused-ring (bicyclic) bond motifs is 1. The summed E-state index contributed by atoms with van der Waals surface area (Å²) in [7, 11) is 0. The van der Waals surface area contributed by atoms with E-state index < -0.39 is 17.2 Å². The van der Waals surface area contributed by atoms with Gasteiger partial charge in [0.15, 0.2) is 0 Å². The lowest BCUT2D eigenvalue weighted by Crippen LogP contribution is -2.25. The van der Waals surface area contributed by atoms with Crippen LogP contribution in [0.2, 0.25) is 0 Å². The predicted molar refractivity (Wildman–Crippen MR) is 68.9 cm³/mol. The van der Waals surface area contributed by atoms with Gasteiger partial charge in [0, 0.05) is 4.90 Å². The Kier molecular flexibility index (Phi) is 3.53. The Bertz CT molecular complexity index is 595. The van der Waals surface area contributed by atoms with Crippen molar-refractivity contribution < 1.29 is 19.8 Å². The molecular formula is C13H10O4S. The van der Waals surface area contributed by atoms with E-state index in [0.717, 1.165) is 22.5 Å². The van der Waals surface area contributed by atoms with Crippen LogP contribution in [0, 0.1) is 0 Å². The minimum absolute atomic E-state index is 0.628. The van der Waals surface area contributed by atoms with Crippen molar-refractivity contribution in [1.29, 1.82) is 0 Å². The molecule has 0 aliphatic heterocycles. The van der Waals surface area contributed by atoms with Gasteiger partial charge in [0.25, 0.3) is 0 Å². The molecule has 0 bridgehead atoms. The summed E-state index contributed by atoms with van der Waals surface area (Å²) in [5, 5.41) is 18.1. The first kappa shape index (κ1) is 12.4. The zero-order chi connectivity index (χ0) is 13.1. The fourth-order valence-electron chi connectivity index (χ4n) is 1.58. The maximum absolute atomic E-state index is 10.8. The molecule has 0 aliphatic rings. The Morgan fingerprint density at radius 1 is 0.944 bits per heavy atom. The Labute approximate surface area is 107 Å². The fraction of sp³-hybridized carbons (Fsp3) is 0.0769. The van der Waals surface area contributed by atoms with Crippen LogP contribution in [0.15, 0.2) is 47.4 Å². The summed E-state index contributed by atoms with van der Waals surface area (Å²) in [6.07, 6.45) is 0. The van der Waals surface area contributed by atoms with E-state index in [0.29, 0.717) is 4.90 Å². The van der Waals surface area contributed by atoms with Gasteiger partial charge < -0.3 is 10.2 Å². The molecule has 0 atom stereocenters. The third kappa shape index (κ3) is 2.62. The van der Waals surface area contributed by atoms with Crippen LogP contribution in [0.5, 0.6) is 0 Å². The van der Waals surface area contributed by atoms with Crippen LogP contribution in [0.4, 0.5) is 0 Å². The monoisotopic (exact) mass is 262 g/mol. The fourth-order valence-corrected chi connectivity index (χ4v) is 2.40. The average Bonchev–Trinajstić information content (AvgIpc) is 2.35. The second-order valence-electron chi connectivity index (χ2n) is 3.68. The summed E-state index contributed by atoms with van der Waals surface area (Å²) in [6.45, 7) is 0. The lowest BCUT2D eigenvalue weighted by atomic mass is 10.1. The summed E-state index contributed by atoms with van der Waals surface area (Å²) < 4.78 is 0. The Morgan fingerprint density at radius 3 is 2.17 bits per heavy atom. The van der Waals surface area contributed by atoms with Gasteiger partial charge >= 0.3 is 11.9 Å². The van der Waals surface area contributed by atoms with E-state index in [1.54, 1.807) is 12.1 Å². The predicted octanol–water partition coefficient (Wildman–Crippen LogP) is 2.47. The second kappa shape index (κ2) is 5.10. The SMILES string of the molecule is O=C(O)C(Sc1ccc2ccccc2c1)C(=O)O. The van der Waals surface area contributed by atoms with Crippen molar-refractivity contribution in [3.05, 3.63) is 42.5 Å². The second-order valence-corrected chi connectivity index (χ2v) is 4.86. The number of carbonyl (C=O) groups is 2. The maximum atomic E-state index is 10.8. The highest BCUT2D eigenvalue weighted by molar-refractivity contribution is 8.01. The minimum Gasteiger partial charge on any atom is -0.480 e. The zero-order valence-electron chi connectivity index (χ0n) is 9.24. The molecule has 0 aromatic heterocycles. The van der Waals surface area contributed by atoms with E-state index in [1.165, 1.54) is 0 Å². The molecule has 18 heavy (non-hydrogen) atoms. The number of benzene rings is 2. The van der Waals surface area contributed by atoms with Gasteiger partial charge in [0.05, 0.1) is 0 Å². The van der Waals surface area contributed by atoms with Crippen molar-refractivity contribution in [1.82, 2.24) is 0 Å². The van der Waals surface area contributed by atoms with Crippen LogP contribution in [0.3, 0.4) is 0 Å². The van der Waals surface area contributed by atoms with Gasteiger partial charge in [-0.2, -0.15) is 0 Å². The third-order valence-electron chi connectivity index (χ3n) is 2.42. The van der Waals surface area contributed by atoms with Gasteiger partial charge in [-0.15, -0.1) is 0 Å². The summed E-state index contributed by atoms with van der Waals surface area (Å²) >= 11 is 0.821. The number of carboxylic acids is 2. The van der Waals surface area contributed by atoms with Crippen molar-refractivity contribution in [2.75, 3.05) is 0 Å². The number of rotatable bonds is 4. The summed E-state index contributed by atoms with van der Waals surface area (Å²) in [5.41, 5.74) is 0. The molecule has 0 unspecified atom stereocenters. The molecule has 2 N–H and O–H groups in total. The molecule has 4 nitrogen and oxygen atoms in total. The summed E-state index contributed by atoms with van der Waals surface area (Å²) in [6, 6.07) is 13.0. The maximum Gasteiger partial charge on any atom is 0.328 e. The summed E-state index contributed by atoms with van der Waals surface area (Å²) in [5.74, 6) is -2.69. The largest absolute Gasteiger partial charge is 0.480 e. The highest BCUT2D eigenvalue weighted by Crippen LogP contribution is 2.27. The van der Waals surface area contributed by atoms with Gasteiger partial charge in [-0.05, 0) is 22.9 Å². The molecule has 5 heteroatoms. The van der Waals surface area contributed by atoms with E-state index >= 15 is 0 Å². The number of aliphatic carboxylic acids is 2. The van der Waals surface area contributed by atoms with Crippen molar-refractivity contribution in [2.45, 2.75) is 10.1 Å². The Balaban J connectivity index is 2.31. The van der Waals surface area contributed by atoms with Gasteiger partial charge in [0.1, 0.15) is 0 Å². The molecular weight excluding hydrogens is 252 g/mol. The van der Waals surface area contributed by atoms with E-state index in [-0.39, 0.29) is 0 Å².